The summed E-state index contributed by atoms with van der Waals surface area (Å²) in [5, 5.41) is 9.55. The van der Waals surface area contributed by atoms with Crippen LogP contribution >= 0.6 is 0 Å². The van der Waals surface area contributed by atoms with Crippen LogP contribution in [0.25, 0.3) is 0 Å². The molecule has 6 heteroatoms. The topological polar surface area (TPSA) is 74.2 Å². The maximum atomic E-state index is 11.5. The predicted octanol–water partition coefficient (Wildman–Crippen LogP) is 2.26. The standard InChI is InChI=1S/C17H24O6/c1-10(19)23-14-7-11(9-18)5-6-12-13(14)8-15(20-2)17(22-4)16(12)21-3/h8,11,14,18H,5-7,9H2,1-4H3. The molecule has 2 atom stereocenters. The van der Waals surface area contributed by atoms with Gasteiger partial charge in [0.25, 0.3) is 0 Å². The number of hydrogen-bond donors (Lipinski definition) is 1. The first kappa shape index (κ1) is 17.4. The van der Waals surface area contributed by atoms with Crippen LogP contribution in [-0.4, -0.2) is 39.0 Å². The van der Waals surface area contributed by atoms with Crippen molar-refractivity contribution in [2.45, 2.75) is 32.3 Å². The van der Waals surface area contributed by atoms with Gasteiger partial charge < -0.3 is 24.1 Å². The number of carbonyl (C=O) groups is 1. The van der Waals surface area contributed by atoms with Gasteiger partial charge in [0, 0.05) is 24.7 Å². The van der Waals surface area contributed by atoms with E-state index < -0.39 is 6.10 Å². The molecule has 128 valence electrons. The third kappa shape index (κ3) is 3.52. The van der Waals surface area contributed by atoms with Gasteiger partial charge in [-0.2, -0.15) is 0 Å². The Morgan fingerprint density at radius 1 is 1.22 bits per heavy atom. The second kappa shape index (κ2) is 7.55. The van der Waals surface area contributed by atoms with E-state index in [0.717, 1.165) is 17.5 Å². The van der Waals surface area contributed by atoms with Crippen LogP contribution in [0.5, 0.6) is 17.2 Å². The first-order valence-electron chi connectivity index (χ1n) is 7.65. The molecule has 2 rings (SSSR count). The van der Waals surface area contributed by atoms with Crippen LogP contribution in [0.2, 0.25) is 0 Å². The van der Waals surface area contributed by atoms with Crippen molar-refractivity contribution in [2.75, 3.05) is 27.9 Å². The zero-order chi connectivity index (χ0) is 17.0. The van der Waals surface area contributed by atoms with Crippen molar-refractivity contribution in [3.05, 3.63) is 17.2 Å². The summed E-state index contributed by atoms with van der Waals surface area (Å²) in [7, 11) is 4.69. The number of esters is 1. The molecule has 1 aliphatic carbocycles. The third-order valence-corrected chi connectivity index (χ3v) is 4.23. The lowest BCUT2D eigenvalue weighted by Gasteiger charge is -2.23. The van der Waals surface area contributed by atoms with Gasteiger partial charge in [0.2, 0.25) is 5.75 Å². The zero-order valence-corrected chi connectivity index (χ0v) is 14.0. The largest absolute Gasteiger partial charge is 0.493 e. The van der Waals surface area contributed by atoms with Crippen molar-refractivity contribution in [1.29, 1.82) is 0 Å². The molecule has 6 nitrogen and oxygen atoms in total. The summed E-state index contributed by atoms with van der Waals surface area (Å²) in [6, 6.07) is 1.84. The summed E-state index contributed by atoms with van der Waals surface area (Å²) >= 11 is 0. The lowest BCUT2D eigenvalue weighted by molar-refractivity contribution is -0.147. The van der Waals surface area contributed by atoms with E-state index >= 15 is 0 Å². The molecule has 2 unspecified atom stereocenters. The summed E-state index contributed by atoms with van der Waals surface area (Å²) < 4.78 is 21.9. The highest BCUT2D eigenvalue weighted by Crippen LogP contribution is 2.47. The minimum atomic E-state index is -0.434. The van der Waals surface area contributed by atoms with Crippen LogP contribution < -0.4 is 14.2 Å². The summed E-state index contributed by atoms with van der Waals surface area (Å²) in [6.07, 6.45) is 1.63. The Morgan fingerprint density at radius 2 is 1.91 bits per heavy atom. The van der Waals surface area contributed by atoms with E-state index in [-0.39, 0.29) is 18.5 Å². The average Bonchev–Trinajstić information content (AvgIpc) is 2.71. The van der Waals surface area contributed by atoms with Crippen molar-refractivity contribution in [3.63, 3.8) is 0 Å². The maximum absolute atomic E-state index is 11.5. The first-order valence-corrected chi connectivity index (χ1v) is 7.65. The zero-order valence-electron chi connectivity index (χ0n) is 14.0. The smallest absolute Gasteiger partial charge is 0.303 e. The lowest BCUT2D eigenvalue weighted by atomic mass is 9.97. The molecule has 0 radical (unpaired) electrons. The van der Waals surface area contributed by atoms with Gasteiger partial charge in [-0.15, -0.1) is 0 Å². The van der Waals surface area contributed by atoms with Crippen molar-refractivity contribution in [1.82, 2.24) is 0 Å². The number of carbonyl (C=O) groups excluding carboxylic acids is 1. The fourth-order valence-electron chi connectivity index (χ4n) is 3.15. The van der Waals surface area contributed by atoms with E-state index in [1.165, 1.54) is 6.92 Å². The van der Waals surface area contributed by atoms with E-state index in [9.17, 15) is 9.90 Å². The number of benzene rings is 1. The van der Waals surface area contributed by atoms with Crippen LogP contribution in [-0.2, 0) is 16.0 Å². The highest BCUT2D eigenvalue weighted by atomic mass is 16.5. The van der Waals surface area contributed by atoms with Crippen LogP contribution in [0.4, 0.5) is 0 Å². The van der Waals surface area contributed by atoms with Gasteiger partial charge in [-0.25, -0.2) is 0 Å². The van der Waals surface area contributed by atoms with E-state index in [0.29, 0.717) is 30.1 Å². The molecular formula is C17H24O6. The van der Waals surface area contributed by atoms with Crippen molar-refractivity contribution in [3.8, 4) is 17.2 Å². The van der Waals surface area contributed by atoms with Crippen molar-refractivity contribution >= 4 is 5.97 Å². The van der Waals surface area contributed by atoms with E-state index in [1.807, 2.05) is 6.07 Å². The van der Waals surface area contributed by atoms with E-state index in [1.54, 1.807) is 21.3 Å². The summed E-state index contributed by atoms with van der Waals surface area (Å²) in [5.74, 6) is 1.36. The normalized spacial score (nSPS) is 20.2. The molecule has 1 aromatic rings. The van der Waals surface area contributed by atoms with E-state index in [4.69, 9.17) is 18.9 Å². The van der Waals surface area contributed by atoms with Crippen LogP contribution in [0, 0.1) is 5.92 Å². The lowest BCUT2D eigenvalue weighted by Crippen LogP contribution is -2.14. The Labute approximate surface area is 136 Å². The summed E-state index contributed by atoms with van der Waals surface area (Å²) in [6.45, 7) is 1.44. The predicted molar refractivity (Wildman–Crippen MR) is 84.1 cm³/mol. The van der Waals surface area contributed by atoms with Crippen LogP contribution in [0.15, 0.2) is 6.07 Å². The van der Waals surface area contributed by atoms with Gasteiger partial charge in [0.1, 0.15) is 6.10 Å². The minimum absolute atomic E-state index is 0.0579. The number of fused-ring (bicyclic) bond motifs is 1. The molecule has 0 amide bonds. The third-order valence-electron chi connectivity index (χ3n) is 4.23. The molecule has 0 saturated heterocycles. The number of rotatable bonds is 5. The maximum Gasteiger partial charge on any atom is 0.303 e. The van der Waals surface area contributed by atoms with E-state index in [2.05, 4.69) is 0 Å². The van der Waals surface area contributed by atoms with Gasteiger partial charge in [-0.3, -0.25) is 4.79 Å². The second-order valence-corrected chi connectivity index (χ2v) is 5.63. The fourth-order valence-corrected chi connectivity index (χ4v) is 3.15. The minimum Gasteiger partial charge on any atom is -0.493 e. The SMILES string of the molecule is COc1cc2c(c(OC)c1OC)CCC(CO)CC2OC(C)=O. The Kier molecular flexibility index (Phi) is 5.71. The molecular weight excluding hydrogens is 300 g/mol. The number of hydrogen-bond acceptors (Lipinski definition) is 6. The average molecular weight is 324 g/mol. The van der Waals surface area contributed by atoms with Crippen molar-refractivity contribution in [2.24, 2.45) is 5.92 Å². The van der Waals surface area contributed by atoms with Gasteiger partial charge in [-0.05, 0) is 31.2 Å². The monoisotopic (exact) mass is 324 g/mol. The Balaban J connectivity index is 2.60. The summed E-state index contributed by atoms with van der Waals surface area (Å²) in [5.41, 5.74) is 1.79. The molecule has 1 N–H and O–H groups in total. The number of aliphatic hydroxyl groups excluding tert-OH is 1. The molecule has 0 fully saturated rings. The van der Waals surface area contributed by atoms with Crippen LogP contribution in [0.3, 0.4) is 0 Å². The molecule has 23 heavy (non-hydrogen) atoms. The highest BCUT2D eigenvalue weighted by Gasteiger charge is 2.31. The van der Waals surface area contributed by atoms with Gasteiger partial charge >= 0.3 is 5.97 Å². The fraction of sp³-hybridized carbons (Fsp3) is 0.588. The van der Waals surface area contributed by atoms with Gasteiger partial charge in [0.15, 0.2) is 11.5 Å². The molecule has 0 heterocycles. The Bertz CT molecular complexity index is 569. The molecule has 0 spiro atoms. The van der Waals surface area contributed by atoms with Crippen molar-refractivity contribution < 1.29 is 28.8 Å². The second-order valence-electron chi connectivity index (χ2n) is 5.63. The number of ether oxygens (including phenoxy) is 4. The number of methoxy groups -OCH3 is 3. The summed E-state index contributed by atoms with van der Waals surface area (Å²) in [4.78, 5) is 11.5. The van der Waals surface area contributed by atoms with Gasteiger partial charge in [-0.1, -0.05) is 0 Å². The highest BCUT2D eigenvalue weighted by molar-refractivity contribution is 5.67. The Morgan fingerprint density at radius 3 is 2.43 bits per heavy atom. The first-order chi connectivity index (χ1) is 11.0. The molecule has 1 aliphatic rings. The Hall–Kier alpha value is -1.95. The molecule has 0 aromatic heterocycles. The molecule has 0 aliphatic heterocycles. The molecule has 0 saturated carbocycles. The van der Waals surface area contributed by atoms with Crippen LogP contribution in [0.1, 0.15) is 37.0 Å². The molecule has 0 bridgehead atoms. The number of aliphatic hydroxyl groups is 1. The molecule has 1 aromatic carbocycles. The quantitative estimate of drug-likeness (QED) is 0.661. The van der Waals surface area contributed by atoms with Gasteiger partial charge in [0.05, 0.1) is 21.3 Å².